The molecular formula is C9H24N3+3. The summed E-state index contributed by atoms with van der Waals surface area (Å²) in [6.45, 7) is 3.71. The van der Waals surface area contributed by atoms with Crippen LogP contribution in [0.3, 0.4) is 0 Å². The average Bonchev–Trinajstić information content (AvgIpc) is 1.44. The zero-order valence-corrected chi connectivity index (χ0v) is 9.46. The minimum absolute atomic E-state index is 1.12. The molecule has 1 rings (SSSR count). The van der Waals surface area contributed by atoms with E-state index in [1.807, 2.05) is 0 Å². The standard InChI is InChI=1S/C9H24N3/c1-10(2)7-11(3,4)9-12(5,6)8-10/h7-9H2,1-6H3/q+3. The quantitative estimate of drug-likeness (QED) is 0.457. The minimum atomic E-state index is 1.12. The summed E-state index contributed by atoms with van der Waals surface area (Å²) in [5.41, 5.74) is 0. The van der Waals surface area contributed by atoms with E-state index in [0.717, 1.165) is 13.4 Å². The number of quaternary nitrogens is 3. The van der Waals surface area contributed by atoms with Gasteiger partial charge in [-0.15, -0.1) is 0 Å². The highest BCUT2D eigenvalue weighted by Crippen LogP contribution is 2.19. The number of nitrogens with zero attached hydrogens (tertiary/aromatic N) is 3. The molecule has 1 aliphatic heterocycles. The first kappa shape index (κ1) is 9.96. The van der Waals surface area contributed by atoms with Gasteiger partial charge in [-0.05, 0) is 0 Å². The minimum Gasteiger partial charge on any atom is -0.236 e. The Hall–Kier alpha value is -0.120. The number of hydrogen-bond donors (Lipinski definition) is 0. The van der Waals surface area contributed by atoms with Crippen molar-refractivity contribution in [2.24, 2.45) is 0 Å². The van der Waals surface area contributed by atoms with Gasteiger partial charge in [0, 0.05) is 0 Å². The van der Waals surface area contributed by atoms with Crippen LogP contribution in [0.4, 0.5) is 0 Å². The first-order chi connectivity index (χ1) is 5.12. The van der Waals surface area contributed by atoms with Crippen molar-refractivity contribution < 1.29 is 13.4 Å². The molecule has 0 amide bonds. The second kappa shape index (κ2) is 2.44. The van der Waals surface area contributed by atoms with Crippen molar-refractivity contribution in [3.8, 4) is 0 Å². The molecule has 0 aliphatic carbocycles. The molecular weight excluding hydrogens is 150 g/mol. The largest absolute Gasteiger partial charge is 0.236 e. The highest BCUT2D eigenvalue weighted by atomic mass is 15.7. The highest BCUT2D eigenvalue weighted by Gasteiger charge is 2.43. The van der Waals surface area contributed by atoms with E-state index in [9.17, 15) is 0 Å². The van der Waals surface area contributed by atoms with Crippen LogP contribution in [0.5, 0.6) is 0 Å². The van der Waals surface area contributed by atoms with Gasteiger partial charge in [-0.2, -0.15) is 0 Å². The topological polar surface area (TPSA) is 0 Å². The van der Waals surface area contributed by atoms with Crippen molar-refractivity contribution in [2.45, 2.75) is 0 Å². The normalized spacial score (nSPS) is 31.5. The van der Waals surface area contributed by atoms with Gasteiger partial charge in [0.25, 0.3) is 0 Å². The van der Waals surface area contributed by atoms with Gasteiger partial charge in [0.1, 0.15) is 0 Å². The predicted molar refractivity (Wildman–Crippen MR) is 50.9 cm³/mol. The van der Waals surface area contributed by atoms with Crippen molar-refractivity contribution in [3.05, 3.63) is 0 Å². The van der Waals surface area contributed by atoms with Crippen LogP contribution in [0.2, 0.25) is 0 Å². The van der Waals surface area contributed by atoms with Gasteiger partial charge in [-0.3, -0.25) is 0 Å². The van der Waals surface area contributed by atoms with Crippen LogP contribution < -0.4 is 0 Å². The van der Waals surface area contributed by atoms with Gasteiger partial charge in [-0.25, -0.2) is 13.4 Å². The average molecular weight is 174 g/mol. The molecule has 0 bridgehead atoms. The van der Waals surface area contributed by atoms with Crippen molar-refractivity contribution in [1.29, 1.82) is 0 Å². The summed E-state index contributed by atoms with van der Waals surface area (Å²) in [4.78, 5) is 0. The molecule has 0 spiro atoms. The second-order valence-electron chi connectivity index (χ2n) is 6.23. The molecule has 0 radical (unpaired) electrons. The molecule has 1 fully saturated rings. The van der Waals surface area contributed by atoms with Crippen molar-refractivity contribution in [3.63, 3.8) is 0 Å². The van der Waals surface area contributed by atoms with E-state index in [1.54, 1.807) is 0 Å². The highest BCUT2D eigenvalue weighted by molar-refractivity contribution is 4.26. The van der Waals surface area contributed by atoms with Gasteiger partial charge in [-0.1, -0.05) is 0 Å². The van der Waals surface area contributed by atoms with Crippen LogP contribution in [0.15, 0.2) is 0 Å². The molecule has 3 heteroatoms. The van der Waals surface area contributed by atoms with Gasteiger partial charge in [0.2, 0.25) is 20.0 Å². The van der Waals surface area contributed by atoms with Crippen molar-refractivity contribution >= 4 is 0 Å². The summed E-state index contributed by atoms with van der Waals surface area (Å²) < 4.78 is 3.38. The van der Waals surface area contributed by atoms with Gasteiger partial charge >= 0.3 is 0 Å². The Kier molecular flexibility index (Phi) is 2.02. The molecule has 1 saturated heterocycles. The third-order valence-electron chi connectivity index (χ3n) is 2.30. The molecule has 0 unspecified atom stereocenters. The molecule has 1 aliphatic rings. The van der Waals surface area contributed by atoms with Crippen LogP contribution in [0.25, 0.3) is 0 Å². The van der Waals surface area contributed by atoms with E-state index in [1.165, 1.54) is 20.0 Å². The molecule has 0 N–H and O–H groups in total. The fourth-order valence-corrected chi connectivity index (χ4v) is 3.24. The van der Waals surface area contributed by atoms with E-state index in [4.69, 9.17) is 0 Å². The Morgan fingerprint density at radius 3 is 0.833 bits per heavy atom. The summed E-state index contributed by atoms with van der Waals surface area (Å²) in [7, 11) is 13.9. The maximum Gasteiger partial charge on any atom is 0.215 e. The Bertz CT molecular complexity index is 137. The summed E-state index contributed by atoms with van der Waals surface area (Å²) >= 11 is 0. The third-order valence-corrected chi connectivity index (χ3v) is 2.30. The lowest BCUT2D eigenvalue weighted by Gasteiger charge is -2.49. The first-order valence-electron chi connectivity index (χ1n) is 4.58. The van der Waals surface area contributed by atoms with E-state index < -0.39 is 0 Å². The zero-order chi connectivity index (χ0) is 9.62. The maximum absolute atomic E-state index is 2.32. The lowest BCUT2D eigenvalue weighted by atomic mass is 10.4. The van der Waals surface area contributed by atoms with Gasteiger partial charge in [0.15, 0.2) is 0 Å². The Labute approximate surface area is 76.6 Å². The molecule has 0 aromatic carbocycles. The number of rotatable bonds is 0. The lowest BCUT2D eigenvalue weighted by Crippen LogP contribution is -2.72. The van der Waals surface area contributed by atoms with E-state index in [-0.39, 0.29) is 0 Å². The van der Waals surface area contributed by atoms with Crippen molar-refractivity contribution in [2.75, 3.05) is 62.3 Å². The first-order valence-corrected chi connectivity index (χ1v) is 4.58. The predicted octanol–water partition coefficient (Wildman–Crippen LogP) is 0.102. The van der Waals surface area contributed by atoms with Gasteiger partial charge < -0.3 is 0 Å². The Morgan fingerprint density at radius 2 is 0.667 bits per heavy atom. The molecule has 0 atom stereocenters. The van der Waals surface area contributed by atoms with Crippen LogP contribution in [0.1, 0.15) is 0 Å². The number of hydrogen-bond acceptors (Lipinski definition) is 0. The molecule has 0 saturated carbocycles. The maximum atomic E-state index is 2.32. The van der Waals surface area contributed by atoms with Crippen LogP contribution >= 0.6 is 0 Å². The van der Waals surface area contributed by atoms with Crippen LogP contribution in [-0.2, 0) is 0 Å². The fraction of sp³-hybridized carbons (Fsp3) is 1.00. The van der Waals surface area contributed by atoms with E-state index in [0.29, 0.717) is 0 Å². The smallest absolute Gasteiger partial charge is 0.215 e. The third kappa shape index (κ3) is 2.44. The molecule has 1 heterocycles. The molecule has 3 nitrogen and oxygen atoms in total. The van der Waals surface area contributed by atoms with E-state index >= 15 is 0 Å². The zero-order valence-electron chi connectivity index (χ0n) is 9.46. The Morgan fingerprint density at radius 1 is 0.500 bits per heavy atom. The monoisotopic (exact) mass is 174 g/mol. The molecule has 0 aromatic rings. The SMILES string of the molecule is C[N+]1(C)C[N+](C)(C)C[N+](C)(C)C1. The fourth-order valence-electron chi connectivity index (χ4n) is 3.24. The van der Waals surface area contributed by atoms with Crippen molar-refractivity contribution in [1.82, 2.24) is 0 Å². The van der Waals surface area contributed by atoms with Gasteiger partial charge in [0.05, 0.1) is 42.3 Å². The van der Waals surface area contributed by atoms with Crippen LogP contribution in [-0.4, -0.2) is 75.7 Å². The lowest BCUT2D eigenvalue weighted by molar-refractivity contribution is -1.24. The second-order valence-corrected chi connectivity index (χ2v) is 6.23. The summed E-state index contributed by atoms with van der Waals surface area (Å²) in [6, 6.07) is 0. The van der Waals surface area contributed by atoms with Crippen LogP contribution in [0, 0.1) is 0 Å². The summed E-state index contributed by atoms with van der Waals surface area (Å²) in [5.74, 6) is 0. The molecule has 72 valence electrons. The summed E-state index contributed by atoms with van der Waals surface area (Å²) in [6.07, 6.45) is 0. The summed E-state index contributed by atoms with van der Waals surface area (Å²) in [5, 5.41) is 0. The Balaban J connectivity index is 2.81. The molecule has 12 heavy (non-hydrogen) atoms. The molecule has 0 aromatic heterocycles. The van der Waals surface area contributed by atoms with E-state index in [2.05, 4.69) is 42.3 Å².